The van der Waals surface area contributed by atoms with Crippen molar-refractivity contribution in [3.05, 3.63) is 30.0 Å². The van der Waals surface area contributed by atoms with Crippen molar-refractivity contribution in [2.75, 3.05) is 0 Å². The summed E-state index contributed by atoms with van der Waals surface area (Å²) in [5.41, 5.74) is 1.94. The monoisotopic (exact) mass is 262 g/mol. The lowest BCUT2D eigenvalue weighted by Crippen LogP contribution is -2.28. The molecular formula is C15H22N2O2. The van der Waals surface area contributed by atoms with Gasteiger partial charge in [-0.2, -0.15) is 5.10 Å². The van der Waals surface area contributed by atoms with Gasteiger partial charge in [0.2, 0.25) is 0 Å². The van der Waals surface area contributed by atoms with Gasteiger partial charge in [0.05, 0.1) is 23.4 Å². The van der Waals surface area contributed by atoms with Crippen LogP contribution in [0.1, 0.15) is 32.4 Å². The fourth-order valence-electron chi connectivity index (χ4n) is 2.41. The highest BCUT2D eigenvalue weighted by atomic mass is 16.3. The number of aryl methyl sites for hydroxylation is 1. The molecule has 0 aliphatic rings. The van der Waals surface area contributed by atoms with Gasteiger partial charge in [-0.1, -0.05) is 31.5 Å². The largest absolute Gasteiger partial charge is 0.390 e. The second-order valence-corrected chi connectivity index (χ2v) is 4.91. The third-order valence-electron chi connectivity index (χ3n) is 3.47. The van der Waals surface area contributed by atoms with Gasteiger partial charge in [-0.05, 0) is 19.4 Å². The molecule has 1 heterocycles. The summed E-state index contributed by atoms with van der Waals surface area (Å²) in [6.45, 7) is 4.84. The van der Waals surface area contributed by atoms with E-state index in [9.17, 15) is 10.2 Å². The van der Waals surface area contributed by atoms with Crippen LogP contribution in [0.4, 0.5) is 0 Å². The minimum atomic E-state index is -0.747. The number of fused-ring (bicyclic) bond motifs is 1. The molecule has 0 saturated carbocycles. The fraction of sp³-hybridized carbons (Fsp3) is 0.533. The number of hydrogen-bond donors (Lipinski definition) is 2. The Balaban J connectivity index is 2.25. The SMILES string of the molecule is CCCC(O)C(O)Cc1nn(CC)c2ccccc12. The van der Waals surface area contributed by atoms with Gasteiger partial charge in [0.1, 0.15) is 0 Å². The van der Waals surface area contributed by atoms with Crippen molar-refractivity contribution in [3.8, 4) is 0 Å². The van der Waals surface area contributed by atoms with Crippen LogP contribution in [0.2, 0.25) is 0 Å². The molecule has 0 fully saturated rings. The number of aliphatic hydroxyl groups is 2. The Morgan fingerprint density at radius 1 is 1.16 bits per heavy atom. The zero-order valence-electron chi connectivity index (χ0n) is 11.6. The van der Waals surface area contributed by atoms with E-state index in [-0.39, 0.29) is 0 Å². The summed E-state index contributed by atoms with van der Waals surface area (Å²) in [6.07, 6.45) is 0.462. The zero-order chi connectivity index (χ0) is 13.8. The fourth-order valence-corrected chi connectivity index (χ4v) is 2.41. The third kappa shape index (κ3) is 2.96. The molecule has 2 rings (SSSR count). The van der Waals surface area contributed by atoms with Gasteiger partial charge in [0, 0.05) is 18.4 Å². The number of rotatable bonds is 6. The Bertz CT molecular complexity index is 536. The highest BCUT2D eigenvalue weighted by Gasteiger charge is 2.19. The van der Waals surface area contributed by atoms with Crippen LogP contribution in [0, 0.1) is 0 Å². The van der Waals surface area contributed by atoms with E-state index in [4.69, 9.17) is 0 Å². The third-order valence-corrected chi connectivity index (χ3v) is 3.47. The molecule has 0 aliphatic carbocycles. The van der Waals surface area contributed by atoms with E-state index in [0.717, 1.165) is 29.6 Å². The molecule has 0 saturated heterocycles. The standard InChI is InChI=1S/C15H22N2O2/c1-3-7-14(18)15(19)10-12-11-8-5-6-9-13(11)17(4-2)16-12/h5-6,8-9,14-15,18-19H,3-4,7,10H2,1-2H3. The first-order valence-corrected chi connectivity index (χ1v) is 6.97. The molecule has 19 heavy (non-hydrogen) atoms. The maximum Gasteiger partial charge on any atom is 0.0855 e. The second kappa shape index (κ2) is 6.17. The normalized spacial score (nSPS) is 14.7. The van der Waals surface area contributed by atoms with Gasteiger partial charge in [0.15, 0.2) is 0 Å². The van der Waals surface area contributed by atoms with Crippen molar-refractivity contribution in [2.45, 2.75) is 51.9 Å². The van der Waals surface area contributed by atoms with E-state index in [1.54, 1.807) is 0 Å². The first kappa shape index (κ1) is 14.0. The number of nitrogens with zero attached hydrogens (tertiary/aromatic N) is 2. The van der Waals surface area contributed by atoms with E-state index >= 15 is 0 Å². The molecule has 4 heteroatoms. The minimum Gasteiger partial charge on any atom is -0.390 e. The summed E-state index contributed by atoms with van der Waals surface area (Å²) in [5.74, 6) is 0. The Morgan fingerprint density at radius 3 is 2.58 bits per heavy atom. The maximum absolute atomic E-state index is 10.0. The van der Waals surface area contributed by atoms with Crippen LogP contribution in [-0.4, -0.2) is 32.2 Å². The van der Waals surface area contributed by atoms with Crippen molar-refractivity contribution in [1.29, 1.82) is 0 Å². The average molecular weight is 262 g/mol. The quantitative estimate of drug-likeness (QED) is 0.838. The van der Waals surface area contributed by atoms with Crippen molar-refractivity contribution in [1.82, 2.24) is 9.78 Å². The molecule has 2 aromatic rings. The summed E-state index contributed by atoms with van der Waals surface area (Å²) in [5, 5.41) is 25.5. The molecule has 1 aromatic carbocycles. The summed E-state index contributed by atoms with van der Waals surface area (Å²) < 4.78 is 1.93. The van der Waals surface area contributed by atoms with Gasteiger partial charge in [-0.25, -0.2) is 0 Å². The highest BCUT2D eigenvalue weighted by Crippen LogP contribution is 2.20. The smallest absolute Gasteiger partial charge is 0.0855 e. The van der Waals surface area contributed by atoms with E-state index < -0.39 is 12.2 Å². The summed E-state index contributed by atoms with van der Waals surface area (Å²) in [7, 11) is 0. The average Bonchev–Trinajstić information content (AvgIpc) is 2.77. The van der Waals surface area contributed by atoms with E-state index in [1.165, 1.54) is 0 Å². The van der Waals surface area contributed by atoms with Gasteiger partial charge >= 0.3 is 0 Å². The lowest BCUT2D eigenvalue weighted by atomic mass is 10.0. The molecule has 0 aliphatic heterocycles. The lowest BCUT2D eigenvalue weighted by molar-refractivity contribution is 0.0144. The number of hydrogen-bond acceptors (Lipinski definition) is 3. The molecule has 2 N–H and O–H groups in total. The predicted molar refractivity (Wildman–Crippen MR) is 76.0 cm³/mol. The van der Waals surface area contributed by atoms with Gasteiger partial charge in [0.25, 0.3) is 0 Å². The molecule has 0 radical (unpaired) electrons. The predicted octanol–water partition coefficient (Wildman–Crippen LogP) is 2.12. The van der Waals surface area contributed by atoms with Crippen LogP contribution in [0.15, 0.2) is 24.3 Å². The highest BCUT2D eigenvalue weighted by molar-refractivity contribution is 5.82. The van der Waals surface area contributed by atoms with E-state index in [0.29, 0.717) is 12.8 Å². The van der Waals surface area contributed by atoms with Crippen molar-refractivity contribution < 1.29 is 10.2 Å². The van der Waals surface area contributed by atoms with E-state index in [2.05, 4.69) is 5.10 Å². The van der Waals surface area contributed by atoms with E-state index in [1.807, 2.05) is 42.8 Å². The topological polar surface area (TPSA) is 58.3 Å². The summed E-state index contributed by atoms with van der Waals surface area (Å²) >= 11 is 0. The van der Waals surface area contributed by atoms with Crippen LogP contribution in [0.5, 0.6) is 0 Å². The Kier molecular flexibility index (Phi) is 4.56. The summed E-state index contributed by atoms with van der Waals surface area (Å²) in [4.78, 5) is 0. The molecule has 4 nitrogen and oxygen atoms in total. The summed E-state index contributed by atoms with van der Waals surface area (Å²) in [6, 6.07) is 8.01. The molecule has 0 amide bonds. The Labute approximate surface area is 113 Å². The van der Waals surface area contributed by atoms with Crippen molar-refractivity contribution in [3.63, 3.8) is 0 Å². The Morgan fingerprint density at radius 2 is 1.89 bits per heavy atom. The zero-order valence-corrected chi connectivity index (χ0v) is 11.6. The van der Waals surface area contributed by atoms with Gasteiger partial charge in [-0.15, -0.1) is 0 Å². The van der Waals surface area contributed by atoms with Crippen LogP contribution < -0.4 is 0 Å². The number of benzene rings is 1. The number of aliphatic hydroxyl groups excluding tert-OH is 2. The minimum absolute atomic E-state index is 0.397. The van der Waals surface area contributed by atoms with Crippen molar-refractivity contribution >= 4 is 10.9 Å². The molecule has 104 valence electrons. The van der Waals surface area contributed by atoms with Gasteiger partial charge < -0.3 is 10.2 Å². The maximum atomic E-state index is 10.0. The van der Waals surface area contributed by atoms with Gasteiger partial charge in [-0.3, -0.25) is 4.68 Å². The molecule has 0 spiro atoms. The molecule has 2 unspecified atom stereocenters. The molecule has 2 atom stereocenters. The number of aromatic nitrogens is 2. The molecule has 1 aromatic heterocycles. The van der Waals surface area contributed by atoms with Crippen LogP contribution >= 0.6 is 0 Å². The Hall–Kier alpha value is -1.39. The van der Waals surface area contributed by atoms with Crippen molar-refractivity contribution in [2.24, 2.45) is 0 Å². The first-order valence-electron chi connectivity index (χ1n) is 6.97. The first-order chi connectivity index (χ1) is 9.17. The lowest BCUT2D eigenvalue weighted by Gasteiger charge is -2.16. The second-order valence-electron chi connectivity index (χ2n) is 4.91. The molecular weight excluding hydrogens is 240 g/mol. The number of para-hydroxylation sites is 1. The van der Waals surface area contributed by atoms with Crippen LogP contribution in [0.25, 0.3) is 10.9 Å². The van der Waals surface area contributed by atoms with Crippen LogP contribution in [-0.2, 0) is 13.0 Å². The van der Waals surface area contributed by atoms with Crippen LogP contribution in [0.3, 0.4) is 0 Å². The molecule has 0 bridgehead atoms.